The van der Waals surface area contributed by atoms with Gasteiger partial charge in [0.15, 0.2) is 0 Å². The van der Waals surface area contributed by atoms with E-state index >= 15 is 0 Å². The van der Waals surface area contributed by atoms with Crippen LogP contribution < -0.4 is 5.32 Å². The molecule has 3 atom stereocenters. The molecule has 1 saturated carbocycles. The van der Waals surface area contributed by atoms with E-state index in [1.54, 1.807) is 11.1 Å². The predicted molar refractivity (Wildman–Crippen MR) is 75.8 cm³/mol. The number of fused-ring (bicyclic) bond motifs is 3. The quantitative estimate of drug-likeness (QED) is 0.902. The Balaban J connectivity index is 1.33. The minimum atomic E-state index is 0.826. The van der Waals surface area contributed by atoms with Crippen LogP contribution in [0.25, 0.3) is 0 Å². The second kappa shape index (κ2) is 4.46. The van der Waals surface area contributed by atoms with Gasteiger partial charge in [0.25, 0.3) is 0 Å². The number of nitrogens with zero attached hydrogens (tertiary/aromatic N) is 1. The van der Waals surface area contributed by atoms with Crippen molar-refractivity contribution in [2.75, 3.05) is 6.54 Å². The van der Waals surface area contributed by atoms with Gasteiger partial charge in [-0.3, -0.25) is 4.98 Å². The number of hydrogen-bond acceptors (Lipinski definition) is 2. The minimum Gasteiger partial charge on any atom is -0.311 e. The molecule has 1 N–H and O–H groups in total. The molecule has 0 unspecified atom stereocenters. The first-order valence-electron chi connectivity index (χ1n) is 7.12. The molecule has 0 amide bonds. The summed E-state index contributed by atoms with van der Waals surface area (Å²) in [4.78, 5) is 4.34. The van der Waals surface area contributed by atoms with Crippen molar-refractivity contribution in [3.8, 4) is 0 Å². The van der Waals surface area contributed by atoms with Gasteiger partial charge in [0.1, 0.15) is 0 Å². The van der Waals surface area contributed by atoms with Gasteiger partial charge in [-0.1, -0.05) is 30.3 Å². The van der Waals surface area contributed by atoms with Crippen LogP contribution in [0.15, 0.2) is 48.7 Å². The molecule has 2 aromatic rings. The molecule has 19 heavy (non-hydrogen) atoms. The van der Waals surface area contributed by atoms with Crippen LogP contribution in [-0.2, 0) is 13.0 Å². The fourth-order valence-electron chi connectivity index (χ4n) is 3.63. The summed E-state index contributed by atoms with van der Waals surface area (Å²) >= 11 is 0. The van der Waals surface area contributed by atoms with Crippen molar-refractivity contribution in [1.29, 1.82) is 0 Å². The number of benzene rings is 1. The van der Waals surface area contributed by atoms with Crippen molar-refractivity contribution in [2.45, 2.75) is 18.9 Å². The fraction of sp³-hybridized carbons (Fsp3) is 0.353. The lowest BCUT2D eigenvalue weighted by Crippen LogP contribution is -2.19. The SMILES string of the molecule is c1ccc(CNC[C@@H]2[C@H]3Cc4ccccc4[C@@H]23)nc1. The second-order valence-corrected chi connectivity index (χ2v) is 5.71. The third-order valence-electron chi connectivity index (χ3n) is 4.61. The predicted octanol–water partition coefficient (Wildman–Crippen LogP) is 2.76. The molecule has 0 saturated heterocycles. The molecule has 0 spiro atoms. The van der Waals surface area contributed by atoms with E-state index in [1.165, 1.54) is 6.42 Å². The Morgan fingerprint density at radius 1 is 1.11 bits per heavy atom. The molecule has 0 bridgehead atoms. The Kier molecular flexibility index (Phi) is 2.63. The summed E-state index contributed by atoms with van der Waals surface area (Å²) in [5.41, 5.74) is 4.32. The lowest BCUT2D eigenvalue weighted by molar-refractivity contribution is 0.583. The smallest absolute Gasteiger partial charge is 0.0541 e. The highest BCUT2D eigenvalue weighted by Gasteiger charge is 2.54. The zero-order valence-corrected chi connectivity index (χ0v) is 10.9. The van der Waals surface area contributed by atoms with Crippen molar-refractivity contribution in [2.24, 2.45) is 11.8 Å². The molecule has 2 aliphatic carbocycles. The first kappa shape index (κ1) is 11.2. The van der Waals surface area contributed by atoms with Crippen LogP contribution in [-0.4, -0.2) is 11.5 Å². The van der Waals surface area contributed by atoms with E-state index in [4.69, 9.17) is 0 Å². The van der Waals surface area contributed by atoms with Crippen LogP contribution in [0.5, 0.6) is 0 Å². The Morgan fingerprint density at radius 2 is 2.00 bits per heavy atom. The largest absolute Gasteiger partial charge is 0.311 e. The van der Waals surface area contributed by atoms with Crippen LogP contribution in [0, 0.1) is 11.8 Å². The van der Waals surface area contributed by atoms with Crippen LogP contribution in [0.1, 0.15) is 22.7 Å². The van der Waals surface area contributed by atoms with E-state index in [0.29, 0.717) is 0 Å². The van der Waals surface area contributed by atoms with Gasteiger partial charge in [-0.25, -0.2) is 0 Å². The number of aromatic nitrogens is 1. The van der Waals surface area contributed by atoms with E-state index in [1.807, 2.05) is 18.3 Å². The van der Waals surface area contributed by atoms with Crippen molar-refractivity contribution in [3.05, 3.63) is 65.5 Å². The van der Waals surface area contributed by atoms with Gasteiger partial charge in [-0.2, -0.15) is 0 Å². The second-order valence-electron chi connectivity index (χ2n) is 5.71. The molecule has 96 valence electrons. The molecule has 0 aliphatic heterocycles. The maximum Gasteiger partial charge on any atom is 0.0541 e. The summed E-state index contributed by atoms with van der Waals surface area (Å²) in [5, 5.41) is 3.56. The van der Waals surface area contributed by atoms with Crippen LogP contribution >= 0.6 is 0 Å². The van der Waals surface area contributed by atoms with E-state index < -0.39 is 0 Å². The molecule has 1 aromatic carbocycles. The molecule has 1 fully saturated rings. The third kappa shape index (κ3) is 1.96. The Morgan fingerprint density at radius 3 is 2.89 bits per heavy atom. The van der Waals surface area contributed by atoms with E-state index in [9.17, 15) is 0 Å². The molecule has 0 radical (unpaired) electrons. The van der Waals surface area contributed by atoms with Crippen LogP contribution in [0.3, 0.4) is 0 Å². The van der Waals surface area contributed by atoms with Gasteiger partial charge in [-0.15, -0.1) is 0 Å². The average Bonchev–Trinajstić information content (AvgIpc) is 2.99. The molecular weight excluding hydrogens is 232 g/mol. The maximum atomic E-state index is 4.34. The number of pyridine rings is 1. The van der Waals surface area contributed by atoms with Gasteiger partial charge in [-0.05, 0) is 54.0 Å². The third-order valence-corrected chi connectivity index (χ3v) is 4.61. The first-order chi connectivity index (χ1) is 9.43. The monoisotopic (exact) mass is 250 g/mol. The summed E-state index contributed by atoms with van der Waals surface area (Å²) in [6.45, 7) is 2.01. The summed E-state index contributed by atoms with van der Waals surface area (Å²) in [5.74, 6) is 2.57. The van der Waals surface area contributed by atoms with Crippen LogP contribution in [0.2, 0.25) is 0 Å². The Hall–Kier alpha value is -1.67. The van der Waals surface area contributed by atoms with E-state index in [2.05, 4.69) is 40.6 Å². The summed E-state index contributed by atoms with van der Waals surface area (Å²) in [6, 6.07) is 15.0. The van der Waals surface area contributed by atoms with Crippen molar-refractivity contribution in [1.82, 2.24) is 10.3 Å². The fourth-order valence-corrected chi connectivity index (χ4v) is 3.63. The highest BCUT2D eigenvalue weighted by Crippen LogP contribution is 2.60. The van der Waals surface area contributed by atoms with E-state index in [-0.39, 0.29) is 0 Å². The lowest BCUT2D eigenvalue weighted by Gasteiger charge is -2.08. The normalized spacial score (nSPS) is 26.8. The molecule has 1 heterocycles. The Labute approximate surface area is 113 Å². The van der Waals surface area contributed by atoms with Gasteiger partial charge in [0, 0.05) is 12.7 Å². The van der Waals surface area contributed by atoms with Gasteiger partial charge >= 0.3 is 0 Å². The zero-order chi connectivity index (χ0) is 12.7. The topological polar surface area (TPSA) is 24.9 Å². The lowest BCUT2D eigenvalue weighted by atomic mass is 10.0. The molecule has 1 aromatic heterocycles. The average molecular weight is 250 g/mol. The van der Waals surface area contributed by atoms with Crippen molar-refractivity contribution >= 4 is 0 Å². The van der Waals surface area contributed by atoms with Gasteiger partial charge in [0.2, 0.25) is 0 Å². The van der Waals surface area contributed by atoms with Crippen molar-refractivity contribution in [3.63, 3.8) is 0 Å². The maximum absolute atomic E-state index is 4.34. The number of nitrogens with one attached hydrogen (secondary N) is 1. The summed E-state index contributed by atoms with van der Waals surface area (Å²) in [6.07, 6.45) is 3.15. The zero-order valence-electron chi connectivity index (χ0n) is 10.9. The highest BCUT2D eigenvalue weighted by molar-refractivity contribution is 5.43. The summed E-state index contributed by atoms with van der Waals surface area (Å²) in [7, 11) is 0. The van der Waals surface area contributed by atoms with Crippen molar-refractivity contribution < 1.29 is 0 Å². The van der Waals surface area contributed by atoms with E-state index in [0.717, 1.165) is 36.5 Å². The molecular formula is C17H18N2. The minimum absolute atomic E-state index is 0.826. The summed E-state index contributed by atoms with van der Waals surface area (Å²) < 4.78 is 0. The first-order valence-corrected chi connectivity index (χ1v) is 7.12. The standard InChI is InChI=1S/C17H18N2/c1-2-7-14-12(5-1)9-15-16(17(14)15)11-18-10-13-6-3-4-8-19-13/h1-8,15-18H,9-11H2/t15-,16-,17-/m1/s1. The van der Waals surface area contributed by atoms with Gasteiger partial charge in [0.05, 0.1) is 5.69 Å². The van der Waals surface area contributed by atoms with Crippen LogP contribution in [0.4, 0.5) is 0 Å². The number of hydrogen-bond donors (Lipinski definition) is 1. The Bertz CT molecular complexity index is 579. The molecule has 2 nitrogen and oxygen atoms in total. The van der Waals surface area contributed by atoms with Gasteiger partial charge < -0.3 is 5.32 Å². The molecule has 2 aliphatic rings. The molecule has 2 heteroatoms. The highest BCUT2D eigenvalue weighted by atomic mass is 14.9. The number of rotatable bonds is 4. The molecule has 4 rings (SSSR count).